The molecule has 0 aliphatic rings. The van der Waals surface area contributed by atoms with Crippen molar-refractivity contribution in [1.82, 2.24) is 10.1 Å². The number of aromatic nitrogens is 2. The van der Waals surface area contributed by atoms with Gasteiger partial charge in [0.05, 0.1) is 17.2 Å². The van der Waals surface area contributed by atoms with Crippen LogP contribution in [0.4, 0.5) is 13.2 Å². The highest BCUT2D eigenvalue weighted by Gasteiger charge is 2.34. The van der Waals surface area contributed by atoms with Crippen molar-refractivity contribution >= 4 is 0 Å². The SMILES string of the molecule is CCC(N)c1noc(-c2ccccc2C(F)(F)F)n1. The molecule has 1 unspecified atom stereocenters. The molecule has 0 aliphatic carbocycles. The fraction of sp³-hybridized carbons (Fsp3) is 0.333. The van der Waals surface area contributed by atoms with Crippen molar-refractivity contribution in [3.05, 3.63) is 35.7 Å². The Labute approximate surface area is 107 Å². The van der Waals surface area contributed by atoms with Crippen LogP contribution >= 0.6 is 0 Å². The second-order valence-corrected chi connectivity index (χ2v) is 4.02. The van der Waals surface area contributed by atoms with Gasteiger partial charge < -0.3 is 10.3 Å². The van der Waals surface area contributed by atoms with Crippen LogP contribution in [0, 0.1) is 0 Å². The summed E-state index contributed by atoms with van der Waals surface area (Å²) >= 11 is 0. The zero-order chi connectivity index (χ0) is 14.0. The lowest BCUT2D eigenvalue weighted by molar-refractivity contribution is -0.137. The number of nitrogens with two attached hydrogens (primary N) is 1. The molecular weight excluding hydrogens is 259 g/mol. The van der Waals surface area contributed by atoms with E-state index in [-0.39, 0.29) is 17.3 Å². The van der Waals surface area contributed by atoms with Gasteiger partial charge in [0.2, 0.25) is 0 Å². The van der Waals surface area contributed by atoms with Crippen LogP contribution in [0.1, 0.15) is 30.8 Å². The van der Waals surface area contributed by atoms with Gasteiger partial charge in [-0.05, 0) is 18.6 Å². The number of hydrogen-bond donors (Lipinski definition) is 1. The molecule has 1 atom stereocenters. The molecule has 0 aliphatic heterocycles. The molecule has 0 bridgehead atoms. The first-order valence-corrected chi connectivity index (χ1v) is 5.69. The summed E-state index contributed by atoms with van der Waals surface area (Å²) in [4.78, 5) is 3.92. The Bertz CT molecular complexity index is 565. The van der Waals surface area contributed by atoms with Gasteiger partial charge in [0, 0.05) is 0 Å². The summed E-state index contributed by atoms with van der Waals surface area (Å²) in [6.45, 7) is 1.82. The number of halogens is 3. The van der Waals surface area contributed by atoms with Crippen molar-refractivity contribution < 1.29 is 17.7 Å². The molecule has 0 saturated heterocycles. The topological polar surface area (TPSA) is 64.9 Å². The summed E-state index contributed by atoms with van der Waals surface area (Å²) in [6.07, 6.45) is -3.90. The maximum absolute atomic E-state index is 12.9. The Morgan fingerprint density at radius 3 is 2.63 bits per heavy atom. The van der Waals surface area contributed by atoms with Gasteiger partial charge in [-0.3, -0.25) is 0 Å². The standard InChI is InChI=1S/C12H12F3N3O/c1-2-9(16)10-17-11(19-18-10)7-5-3-4-6-8(7)12(13,14)15/h3-6,9H,2,16H2,1H3. The molecule has 1 aromatic heterocycles. The lowest BCUT2D eigenvalue weighted by Crippen LogP contribution is -2.10. The predicted octanol–water partition coefficient (Wildman–Crippen LogP) is 3.17. The van der Waals surface area contributed by atoms with E-state index in [1.807, 2.05) is 6.92 Å². The molecule has 7 heteroatoms. The van der Waals surface area contributed by atoms with Gasteiger partial charge in [0.25, 0.3) is 5.89 Å². The first-order valence-electron chi connectivity index (χ1n) is 5.69. The van der Waals surface area contributed by atoms with Gasteiger partial charge in [0.15, 0.2) is 5.82 Å². The number of hydrogen-bond acceptors (Lipinski definition) is 4. The minimum atomic E-state index is -4.47. The van der Waals surface area contributed by atoms with Crippen LogP contribution in [-0.2, 0) is 6.18 Å². The van der Waals surface area contributed by atoms with Crippen molar-refractivity contribution in [2.75, 3.05) is 0 Å². The number of benzene rings is 1. The molecule has 2 aromatic rings. The third kappa shape index (κ3) is 2.76. The molecule has 0 spiro atoms. The molecule has 2 rings (SSSR count). The van der Waals surface area contributed by atoms with Crippen LogP contribution in [0.25, 0.3) is 11.5 Å². The molecular formula is C12H12F3N3O. The van der Waals surface area contributed by atoms with Crippen molar-refractivity contribution in [3.63, 3.8) is 0 Å². The number of alkyl halides is 3. The molecule has 1 aromatic carbocycles. The second-order valence-electron chi connectivity index (χ2n) is 4.02. The van der Waals surface area contributed by atoms with Gasteiger partial charge in [0.1, 0.15) is 0 Å². The molecule has 0 saturated carbocycles. The minimum absolute atomic E-state index is 0.142. The van der Waals surface area contributed by atoms with Crippen LogP contribution < -0.4 is 5.73 Å². The van der Waals surface area contributed by atoms with Crippen molar-refractivity contribution in [3.8, 4) is 11.5 Å². The monoisotopic (exact) mass is 271 g/mol. The van der Waals surface area contributed by atoms with Gasteiger partial charge in [-0.25, -0.2) is 0 Å². The third-order valence-electron chi connectivity index (χ3n) is 2.68. The third-order valence-corrected chi connectivity index (χ3v) is 2.68. The molecule has 19 heavy (non-hydrogen) atoms. The maximum Gasteiger partial charge on any atom is 0.417 e. The van der Waals surface area contributed by atoms with E-state index in [2.05, 4.69) is 10.1 Å². The Morgan fingerprint density at radius 2 is 2.00 bits per heavy atom. The first-order chi connectivity index (χ1) is 8.93. The summed E-state index contributed by atoms with van der Waals surface area (Å²) in [5.74, 6) is 0.0290. The fourth-order valence-electron chi connectivity index (χ4n) is 1.59. The minimum Gasteiger partial charge on any atom is -0.334 e. The van der Waals surface area contributed by atoms with E-state index >= 15 is 0 Å². The van der Waals surface area contributed by atoms with E-state index in [9.17, 15) is 13.2 Å². The first kappa shape index (κ1) is 13.5. The van der Waals surface area contributed by atoms with Crippen LogP contribution in [0.15, 0.2) is 28.8 Å². The summed E-state index contributed by atoms with van der Waals surface area (Å²) in [5, 5.41) is 3.61. The van der Waals surface area contributed by atoms with Crippen molar-refractivity contribution in [1.29, 1.82) is 0 Å². The van der Waals surface area contributed by atoms with E-state index in [0.29, 0.717) is 6.42 Å². The molecule has 0 fully saturated rings. The van der Waals surface area contributed by atoms with E-state index < -0.39 is 17.8 Å². The Hall–Kier alpha value is -1.89. The quantitative estimate of drug-likeness (QED) is 0.931. The van der Waals surface area contributed by atoms with Crippen LogP contribution in [0.2, 0.25) is 0 Å². The van der Waals surface area contributed by atoms with Gasteiger partial charge >= 0.3 is 6.18 Å². The normalized spacial score (nSPS) is 13.5. The highest BCUT2D eigenvalue weighted by Crippen LogP contribution is 2.36. The van der Waals surface area contributed by atoms with E-state index in [4.69, 9.17) is 10.3 Å². The van der Waals surface area contributed by atoms with Crippen molar-refractivity contribution in [2.45, 2.75) is 25.6 Å². The van der Waals surface area contributed by atoms with Gasteiger partial charge in [-0.2, -0.15) is 18.2 Å². The van der Waals surface area contributed by atoms with Crippen LogP contribution in [0.3, 0.4) is 0 Å². The molecule has 0 radical (unpaired) electrons. The van der Waals surface area contributed by atoms with E-state index in [0.717, 1.165) is 6.07 Å². The Balaban J connectivity index is 2.45. The largest absolute Gasteiger partial charge is 0.417 e. The molecule has 4 nitrogen and oxygen atoms in total. The Morgan fingerprint density at radius 1 is 1.32 bits per heavy atom. The summed E-state index contributed by atoms with van der Waals surface area (Å²) < 4.78 is 43.4. The average molecular weight is 271 g/mol. The average Bonchev–Trinajstić information content (AvgIpc) is 2.86. The summed E-state index contributed by atoms with van der Waals surface area (Å²) in [7, 11) is 0. The van der Waals surface area contributed by atoms with Crippen molar-refractivity contribution in [2.24, 2.45) is 5.73 Å². The van der Waals surface area contributed by atoms with Crippen LogP contribution in [-0.4, -0.2) is 10.1 Å². The summed E-state index contributed by atoms with van der Waals surface area (Å²) in [6, 6.07) is 4.60. The molecule has 102 valence electrons. The van der Waals surface area contributed by atoms with E-state index in [1.54, 1.807) is 0 Å². The number of rotatable bonds is 3. The molecule has 2 N–H and O–H groups in total. The van der Waals surface area contributed by atoms with Crippen LogP contribution in [0.5, 0.6) is 0 Å². The van der Waals surface area contributed by atoms with E-state index in [1.165, 1.54) is 18.2 Å². The molecule has 0 amide bonds. The molecule has 1 heterocycles. The van der Waals surface area contributed by atoms with Gasteiger partial charge in [-0.15, -0.1) is 0 Å². The fourth-order valence-corrected chi connectivity index (χ4v) is 1.59. The van der Waals surface area contributed by atoms with Gasteiger partial charge in [-0.1, -0.05) is 24.2 Å². The highest BCUT2D eigenvalue weighted by atomic mass is 19.4. The Kier molecular flexibility index (Phi) is 3.57. The summed E-state index contributed by atoms with van der Waals surface area (Å²) in [5.41, 5.74) is 4.75. The predicted molar refractivity (Wildman–Crippen MR) is 62.0 cm³/mol. The zero-order valence-corrected chi connectivity index (χ0v) is 10.1. The second kappa shape index (κ2) is 5.00. The lowest BCUT2D eigenvalue weighted by Gasteiger charge is -2.09. The maximum atomic E-state index is 12.9. The number of nitrogens with zero attached hydrogens (tertiary/aromatic N) is 2. The lowest BCUT2D eigenvalue weighted by atomic mass is 10.1. The highest BCUT2D eigenvalue weighted by molar-refractivity contribution is 5.59. The smallest absolute Gasteiger partial charge is 0.334 e. The zero-order valence-electron chi connectivity index (χ0n) is 10.1.